The van der Waals surface area contributed by atoms with Crippen LogP contribution in [0.2, 0.25) is 0 Å². The monoisotopic (exact) mass is 161 g/mol. The fraction of sp³-hybridized carbons (Fsp3) is 0.600. The Kier molecular flexibility index (Phi) is 5.05. The first-order valence-electron chi connectivity index (χ1n) is 3.00. The van der Waals surface area contributed by atoms with Crippen LogP contribution in [0.1, 0.15) is 0 Å². The Labute approximate surface area is 64.0 Å². The molecule has 0 bridgehead atoms. The highest BCUT2D eigenvalue weighted by Gasteiger charge is 2.09. The average molecular weight is 161 g/mol. The number of rotatable bonds is 3. The summed E-state index contributed by atoms with van der Waals surface area (Å²) in [6.07, 6.45) is 0. The first-order valence-corrected chi connectivity index (χ1v) is 3.00. The van der Waals surface area contributed by atoms with Gasteiger partial charge in [0, 0.05) is 13.7 Å². The molecule has 64 valence electrons. The van der Waals surface area contributed by atoms with Gasteiger partial charge in [0.2, 0.25) is 0 Å². The highest BCUT2D eigenvalue weighted by Crippen LogP contribution is 1.67. The number of amides is 2. The molecule has 0 heterocycles. The van der Waals surface area contributed by atoms with E-state index in [4.69, 9.17) is 0 Å². The van der Waals surface area contributed by atoms with Crippen molar-refractivity contribution in [3.8, 4) is 0 Å². The van der Waals surface area contributed by atoms with Crippen molar-refractivity contribution in [2.45, 2.75) is 0 Å². The van der Waals surface area contributed by atoms with Crippen LogP contribution >= 0.6 is 0 Å². The van der Waals surface area contributed by atoms with Gasteiger partial charge in [-0.1, -0.05) is 0 Å². The van der Waals surface area contributed by atoms with Gasteiger partial charge in [-0.3, -0.25) is 15.0 Å². The number of methoxy groups -OCH3 is 1. The average Bonchev–Trinajstić information content (AvgIpc) is 2.03. The van der Waals surface area contributed by atoms with Crippen molar-refractivity contribution in [1.29, 1.82) is 0 Å². The summed E-state index contributed by atoms with van der Waals surface area (Å²) < 4.78 is 4.63. The zero-order chi connectivity index (χ0) is 8.69. The normalized spacial score (nSPS) is 8.91. The molecule has 0 unspecified atom stereocenters. The highest BCUT2D eigenvalue weighted by molar-refractivity contribution is 6.34. The summed E-state index contributed by atoms with van der Waals surface area (Å²) in [6.45, 7) is 0.659. The molecule has 0 aromatic carbocycles. The minimum atomic E-state index is -0.860. The fourth-order valence-corrected chi connectivity index (χ4v) is 0.412. The van der Waals surface area contributed by atoms with Crippen molar-refractivity contribution in [2.75, 3.05) is 20.3 Å². The number of nitrogens with two attached hydrogens (primary N) is 1. The maximum atomic E-state index is 10.6. The van der Waals surface area contributed by atoms with Crippen LogP contribution in [0.5, 0.6) is 0 Å². The van der Waals surface area contributed by atoms with Gasteiger partial charge in [-0.15, -0.1) is 0 Å². The van der Waals surface area contributed by atoms with Gasteiger partial charge in [0.25, 0.3) is 0 Å². The lowest BCUT2D eigenvalue weighted by molar-refractivity contribution is -0.139. The molecule has 0 rings (SSSR count). The number of hydrogen-bond acceptors (Lipinski definition) is 4. The topological polar surface area (TPSA) is 93.4 Å². The van der Waals surface area contributed by atoms with E-state index in [1.54, 1.807) is 5.43 Å². The largest absolute Gasteiger partial charge is 0.383 e. The molecular weight excluding hydrogens is 150 g/mol. The van der Waals surface area contributed by atoms with Crippen molar-refractivity contribution in [2.24, 2.45) is 5.84 Å². The molecule has 0 aromatic heterocycles. The summed E-state index contributed by atoms with van der Waals surface area (Å²) in [7, 11) is 1.50. The van der Waals surface area contributed by atoms with Crippen molar-refractivity contribution >= 4 is 11.8 Å². The van der Waals surface area contributed by atoms with Crippen molar-refractivity contribution in [3.63, 3.8) is 0 Å². The van der Waals surface area contributed by atoms with E-state index in [1.165, 1.54) is 7.11 Å². The van der Waals surface area contributed by atoms with E-state index in [0.717, 1.165) is 0 Å². The molecule has 0 fully saturated rings. The smallest absolute Gasteiger partial charge is 0.323 e. The Hall–Kier alpha value is -1.14. The third kappa shape index (κ3) is 4.29. The van der Waals surface area contributed by atoms with Gasteiger partial charge in [0.05, 0.1) is 6.61 Å². The number of carbonyl (C=O) groups excluding carboxylic acids is 2. The van der Waals surface area contributed by atoms with Crippen LogP contribution < -0.4 is 16.6 Å². The lowest BCUT2D eigenvalue weighted by Crippen LogP contribution is -2.43. The third-order valence-electron chi connectivity index (χ3n) is 0.929. The number of hydrazine groups is 1. The molecule has 0 spiro atoms. The maximum absolute atomic E-state index is 10.6. The molecule has 0 saturated carbocycles. The van der Waals surface area contributed by atoms with E-state index < -0.39 is 11.8 Å². The lowest BCUT2D eigenvalue weighted by Gasteiger charge is -2.01. The van der Waals surface area contributed by atoms with Gasteiger partial charge in [0.1, 0.15) is 0 Å². The van der Waals surface area contributed by atoms with Crippen molar-refractivity contribution in [1.82, 2.24) is 10.7 Å². The zero-order valence-corrected chi connectivity index (χ0v) is 6.22. The molecule has 11 heavy (non-hydrogen) atoms. The van der Waals surface area contributed by atoms with E-state index in [2.05, 4.69) is 15.9 Å². The molecule has 0 aliphatic heterocycles. The Morgan fingerprint density at radius 3 is 2.55 bits per heavy atom. The second-order valence-corrected chi connectivity index (χ2v) is 1.72. The first-order chi connectivity index (χ1) is 5.22. The van der Waals surface area contributed by atoms with Gasteiger partial charge in [-0.2, -0.15) is 0 Å². The SMILES string of the molecule is COCCNC(=O)C(=O)NN. The highest BCUT2D eigenvalue weighted by atomic mass is 16.5. The Bertz CT molecular complexity index is 148. The number of carbonyl (C=O) groups is 2. The molecule has 0 aliphatic rings. The summed E-state index contributed by atoms with van der Waals surface area (Å²) in [4.78, 5) is 21.0. The quantitative estimate of drug-likeness (QED) is 0.143. The predicted octanol–water partition coefficient (Wildman–Crippen LogP) is -2.26. The van der Waals surface area contributed by atoms with Crippen LogP contribution in [0.25, 0.3) is 0 Å². The Morgan fingerprint density at radius 1 is 1.45 bits per heavy atom. The van der Waals surface area contributed by atoms with E-state index in [9.17, 15) is 9.59 Å². The van der Waals surface area contributed by atoms with Gasteiger partial charge in [0.15, 0.2) is 0 Å². The molecule has 2 amide bonds. The van der Waals surface area contributed by atoms with Gasteiger partial charge >= 0.3 is 11.8 Å². The standard InChI is InChI=1S/C5H11N3O3/c1-11-3-2-7-4(9)5(10)8-6/h2-3,6H2,1H3,(H,7,9)(H,8,10). The second-order valence-electron chi connectivity index (χ2n) is 1.72. The van der Waals surface area contributed by atoms with Crippen LogP contribution in [-0.4, -0.2) is 32.1 Å². The summed E-state index contributed by atoms with van der Waals surface area (Å²) in [5.74, 6) is 3.07. The van der Waals surface area contributed by atoms with Gasteiger partial charge < -0.3 is 10.1 Å². The zero-order valence-electron chi connectivity index (χ0n) is 6.22. The second kappa shape index (κ2) is 5.63. The molecule has 6 nitrogen and oxygen atoms in total. The van der Waals surface area contributed by atoms with Crippen LogP contribution in [0, 0.1) is 0 Å². The minimum absolute atomic E-state index is 0.294. The molecule has 0 aliphatic carbocycles. The number of nitrogens with one attached hydrogen (secondary N) is 2. The lowest BCUT2D eigenvalue weighted by atomic mass is 10.5. The van der Waals surface area contributed by atoms with Gasteiger partial charge in [-0.05, 0) is 0 Å². The summed E-state index contributed by atoms with van der Waals surface area (Å²) in [5.41, 5.74) is 1.70. The Balaban J connectivity index is 3.44. The Morgan fingerprint density at radius 2 is 2.09 bits per heavy atom. The summed E-state index contributed by atoms with van der Waals surface area (Å²) in [5, 5.41) is 2.28. The molecule has 0 radical (unpaired) electrons. The van der Waals surface area contributed by atoms with Crippen LogP contribution in [0.4, 0.5) is 0 Å². The molecular formula is C5H11N3O3. The minimum Gasteiger partial charge on any atom is -0.383 e. The van der Waals surface area contributed by atoms with E-state index in [1.807, 2.05) is 0 Å². The first kappa shape index (κ1) is 9.86. The predicted molar refractivity (Wildman–Crippen MR) is 37.2 cm³/mol. The van der Waals surface area contributed by atoms with Crippen LogP contribution in [-0.2, 0) is 14.3 Å². The molecule has 6 heteroatoms. The summed E-state index contributed by atoms with van der Waals surface area (Å²) in [6, 6.07) is 0. The maximum Gasteiger partial charge on any atom is 0.323 e. The third-order valence-corrected chi connectivity index (χ3v) is 0.929. The molecule has 0 aromatic rings. The fourth-order valence-electron chi connectivity index (χ4n) is 0.412. The number of hydrogen-bond donors (Lipinski definition) is 3. The van der Waals surface area contributed by atoms with E-state index in [0.29, 0.717) is 13.2 Å². The van der Waals surface area contributed by atoms with E-state index >= 15 is 0 Å². The van der Waals surface area contributed by atoms with Crippen LogP contribution in [0.15, 0.2) is 0 Å². The van der Waals surface area contributed by atoms with Crippen LogP contribution in [0.3, 0.4) is 0 Å². The van der Waals surface area contributed by atoms with Crippen molar-refractivity contribution in [3.05, 3.63) is 0 Å². The summed E-state index contributed by atoms with van der Waals surface area (Å²) >= 11 is 0. The number of ether oxygens (including phenoxy) is 1. The van der Waals surface area contributed by atoms with Crippen molar-refractivity contribution < 1.29 is 14.3 Å². The molecule has 0 atom stereocenters. The molecule has 0 saturated heterocycles. The molecule has 4 N–H and O–H groups in total. The van der Waals surface area contributed by atoms with E-state index in [-0.39, 0.29) is 0 Å². The van der Waals surface area contributed by atoms with Gasteiger partial charge in [-0.25, -0.2) is 5.84 Å².